The summed E-state index contributed by atoms with van der Waals surface area (Å²) in [5.74, 6) is -2.40. The highest BCUT2D eigenvalue weighted by atomic mass is 16.6. The first-order valence-corrected chi connectivity index (χ1v) is 7.36. The van der Waals surface area contributed by atoms with Crippen molar-refractivity contribution in [2.45, 2.75) is 59.3 Å². The maximum atomic E-state index is 12.2. The summed E-state index contributed by atoms with van der Waals surface area (Å²) in [5.41, 5.74) is 0. The van der Waals surface area contributed by atoms with E-state index in [0.29, 0.717) is 6.42 Å². The highest BCUT2D eigenvalue weighted by Gasteiger charge is 2.31. The Labute approximate surface area is 131 Å². The van der Waals surface area contributed by atoms with Crippen molar-refractivity contribution >= 4 is 17.8 Å². The predicted molar refractivity (Wildman–Crippen MR) is 80.2 cm³/mol. The lowest BCUT2D eigenvalue weighted by atomic mass is 10.0. The molecule has 0 aliphatic heterocycles. The van der Waals surface area contributed by atoms with Crippen LogP contribution in [0.2, 0.25) is 0 Å². The first-order chi connectivity index (χ1) is 10.1. The van der Waals surface area contributed by atoms with Crippen LogP contribution in [0.15, 0.2) is 0 Å². The third-order valence-corrected chi connectivity index (χ3v) is 3.12. The van der Waals surface area contributed by atoms with E-state index >= 15 is 0 Å². The van der Waals surface area contributed by atoms with E-state index in [1.807, 2.05) is 13.8 Å². The van der Waals surface area contributed by atoms with Gasteiger partial charge in [0.2, 0.25) is 5.91 Å². The molecule has 0 aliphatic carbocycles. The largest absolute Gasteiger partial charge is 0.479 e. The zero-order valence-electron chi connectivity index (χ0n) is 14.1. The van der Waals surface area contributed by atoms with Crippen molar-refractivity contribution < 1.29 is 29.0 Å². The van der Waals surface area contributed by atoms with E-state index in [-0.39, 0.29) is 11.8 Å². The summed E-state index contributed by atoms with van der Waals surface area (Å²) in [6.45, 7) is 8.66. The van der Waals surface area contributed by atoms with Crippen molar-refractivity contribution in [2.75, 3.05) is 7.11 Å². The molecule has 0 spiro atoms. The number of amides is 1. The highest BCUT2D eigenvalue weighted by Crippen LogP contribution is 2.11. The Morgan fingerprint density at radius 2 is 1.64 bits per heavy atom. The number of hydrogen-bond donors (Lipinski definition) is 2. The van der Waals surface area contributed by atoms with Crippen LogP contribution in [0.5, 0.6) is 0 Å². The van der Waals surface area contributed by atoms with Gasteiger partial charge in [0.1, 0.15) is 12.1 Å². The molecule has 0 aromatic carbocycles. The van der Waals surface area contributed by atoms with Crippen LogP contribution >= 0.6 is 0 Å². The van der Waals surface area contributed by atoms with Crippen LogP contribution in [-0.2, 0) is 23.9 Å². The second-order valence-corrected chi connectivity index (χ2v) is 6.00. The van der Waals surface area contributed by atoms with Gasteiger partial charge < -0.3 is 19.9 Å². The molecule has 0 heterocycles. The number of nitrogens with one attached hydrogen (secondary N) is 1. The number of aliphatic carboxylic acids is 1. The van der Waals surface area contributed by atoms with E-state index in [4.69, 9.17) is 14.6 Å². The number of methoxy groups -OCH3 is 1. The Morgan fingerprint density at radius 1 is 1.09 bits per heavy atom. The molecule has 7 nitrogen and oxygen atoms in total. The lowest BCUT2D eigenvalue weighted by Gasteiger charge is -2.25. The highest BCUT2D eigenvalue weighted by molar-refractivity contribution is 5.88. The van der Waals surface area contributed by atoms with Gasteiger partial charge in [-0.1, -0.05) is 27.7 Å². The zero-order chi connectivity index (χ0) is 17.4. The number of carboxylic acids is 1. The predicted octanol–water partition coefficient (Wildman–Crippen LogP) is 1.20. The lowest BCUT2D eigenvalue weighted by Crippen LogP contribution is -2.50. The molecule has 0 aromatic rings. The fraction of sp³-hybridized carbons (Fsp3) is 0.800. The van der Waals surface area contributed by atoms with Crippen LogP contribution in [0, 0.1) is 11.8 Å². The Balaban J connectivity index is 4.86. The normalized spacial score (nSPS) is 15.3. The Bertz CT molecular complexity index is 393. The second kappa shape index (κ2) is 9.40. The second-order valence-electron chi connectivity index (χ2n) is 6.00. The number of rotatable bonds is 9. The minimum absolute atomic E-state index is 0.242. The summed E-state index contributed by atoms with van der Waals surface area (Å²) < 4.78 is 9.98. The summed E-state index contributed by atoms with van der Waals surface area (Å²) in [5, 5.41) is 11.4. The minimum Gasteiger partial charge on any atom is -0.479 e. The monoisotopic (exact) mass is 317 g/mol. The molecule has 0 saturated carbocycles. The van der Waals surface area contributed by atoms with Gasteiger partial charge in [-0.3, -0.25) is 4.79 Å². The molecular formula is C15H27NO6. The van der Waals surface area contributed by atoms with E-state index in [1.54, 1.807) is 13.8 Å². The molecule has 2 N–H and O–H groups in total. The van der Waals surface area contributed by atoms with Crippen LogP contribution in [0.1, 0.15) is 41.0 Å². The molecule has 0 bridgehead atoms. The van der Waals surface area contributed by atoms with Crippen LogP contribution in [0.4, 0.5) is 0 Å². The topological polar surface area (TPSA) is 102 Å². The van der Waals surface area contributed by atoms with E-state index < -0.39 is 36.1 Å². The van der Waals surface area contributed by atoms with Gasteiger partial charge in [0, 0.05) is 7.11 Å². The van der Waals surface area contributed by atoms with Crippen LogP contribution < -0.4 is 5.32 Å². The molecule has 0 saturated heterocycles. The molecule has 0 fully saturated rings. The average molecular weight is 317 g/mol. The summed E-state index contributed by atoms with van der Waals surface area (Å²) >= 11 is 0. The van der Waals surface area contributed by atoms with Gasteiger partial charge in [-0.25, -0.2) is 9.59 Å². The number of ether oxygens (including phenoxy) is 2. The Hall–Kier alpha value is -1.63. The summed E-state index contributed by atoms with van der Waals surface area (Å²) in [6, 6.07) is -0.917. The Morgan fingerprint density at radius 3 is 2.00 bits per heavy atom. The number of carbonyl (C=O) groups excluding carboxylic acids is 2. The first-order valence-electron chi connectivity index (χ1n) is 7.36. The van der Waals surface area contributed by atoms with Gasteiger partial charge in [-0.2, -0.15) is 0 Å². The average Bonchev–Trinajstić information content (AvgIpc) is 2.40. The molecule has 22 heavy (non-hydrogen) atoms. The molecule has 1 amide bonds. The number of hydrogen-bond acceptors (Lipinski definition) is 5. The summed E-state index contributed by atoms with van der Waals surface area (Å²) in [6.07, 6.45) is -1.40. The lowest BCUT2D eigenvalue weighted by molar-refractivity contribution is -0.165. The first kappa shape index (κ1) is 20.4. The number of carbonyl (C=O) groups is 3. The van der Waals surface area contributed by atoms with E-state index in [1.165, 1.54) is 14.0 Å². The Kier molecular flexibility index (Phi) is 8.70. The van der Waals surface area contributed by atoms with Crippen molar-refractivity contribution in [2.24, 2.45) is 11.8 Å². The van der Waals surface area contributed by atoms with E-state index in [2.05, 4.69) is 5.32 Å². The van der Waals surface area contributed by atoms with Crippen molar-refractivity contribution in [3.63, 3.8) is 0 Å². The number of esters is 1. The van der Waals surface area contributed by atoms with E-state index in [9.17, 15) is 14.4 Å². The van der Waals surface area contributed by atoms with E-state index in [0.717, 1.165) is 0 Å². The number of carboxylic acid groups (broad SMARTS) is 1. The zero-order valence-corrected chi connectivity index (χ0v) is 14.1. The van der Waals surface area contributed by atoms with Gasteiger partial charge in [-0.05, 0) is 25.2 Å². The smallest absolute Gasteiger partial charge is 0.344 e. The standard InChI is InChI=1S/C15H27NO6/c1-8(2)7-11(21-6)13(17)16-12(9(3)4)15(20)22-10(5)14(18)19/h8-12H,7H2,1-6H3,(H,16,17)(H,18,19)/t10-,11+,12+/m0/s1. The molecule has 128 valence electrons. The molecule has 0 unspecified atom stereocenters. The molecule has 0 aromatic heterocycles. The molecule has 0 rings (SSSR count). The van der Waals surface area contributed by atoms with Crippen molar-refractivity contribution in [3.05, 3.63) is 0 Å². The third-order valence-electron chi connectivity index (χ3n) is 3.12. The molecule has 3 atom stereocenters. The SMILES string of the molecule is CO[C@H](CC(C)C)C(=O)N[C@@H](C(=O)O[C@@H](C)C(=O)O)C(C)C. The maximum absolute atomic E-state index is 12.2. The molecule has 0 aliphatic rings. The fourth-order valence-corrected chi connectivity index (χ4v) is 1.78. The van der Waals surface area contributed by atoms with Crippen molar-refractivity contribution in [1.82, 2.24) is 5.32 Å². The van der Waals surface area contributed by atoms with Gasteiger partial charge in [0.05, 0.1) is 0 Å². The quantitative estimate of drug-likeness (QED) is 0.620. The minimum atomic E-state index is -1.26. The van der Waals surface area contributed by atoms with Gasteiger partial charge >= 0.3 is 11.9 Å². The molecule has 0 radical (unpaired) electrons. The van der Waals surface area contributed by atoms with Gasteiger partial charge in [0.15, 0.2) is 6.10 Å². The van der Waals surface area contributed by atoms with Gasteiger partial charge in [0.25, 0.3) is 0 Å². The molecular weight excluding hydrogens is 290 g/mol. The van der Waals surface area contributed by atoms with Crippen LogP contribution in [0.3, 0.4) is 0 Å². The maximum Gasteiger partial charge on any atom is 0.344 e. The van der Waals surface area contributed by atoms with Gasteiger partial charge in [-0.15, -0.1) is 0 Å². The van der Waals surface area contributed by atoms with Crippen LogP contribution in [-0.4, -0.2) is 48.3 Å². The van der Waals surface area contributed by atoms with Crippen LogP contribution in [0.25, 0.3) is 0 Å². The van der Waals surface area contributed by atoms with Crippen molar-refractivity contribution in [1.29, 1.82) is 0 Å². The summed E-state index contributed by atoms with van der Waals surface area (Å²) in [7, 11) is 1.43. The van der Waals surface area contributed by atoms with Crippen molar-refractivity contribution in [3.8, 4) is 0 Å². The fourth-order valence-electron chi connectivity index (χ4n) is 1.78. The molecule has 7 heteroatoms. The summed E-state index contributed by atoms with van der Waals surface area (Å²) in [4.78, 5) is 35.0. The third kappa shape index (κ3) is 6.89.